The third kappa shape index (κ3) is 6.61. The number of halogens is 3. The van der Waals surface area contributed by atoms with Crippen molar-refractivity contribution in [3.05, 3.63) is 70.8 Å². The molecule has 1 fully saturated rings. The first-order valence-electron chi connectivity index (χ1n) is 10.2. The first-order chi connectivity index (χ1) is 14.6. The number of rotatable bonds is 6. The normalized spacial score (nSPS) is 17.8. The molecule has 1 N–H and O–H groups in total. The monoisotopic (exact) mass is 440 g/mol. The number of hydrogen-bond acceptors (Lipinski definition) is 4. The largest absolute Gasteiger partial charge is 1.00 e. The second kappa shape index (κ2) is 11.0. The fourth-order valence-electron chi connectivity index (χ4n) is 3.86. The Morgan fingerprint density at radius 2 is 1.84 bits per heavy atom. The summed E-state index contributed by atoms with van der Waals surface area (Å²) in [6, 6.07) is 10.5. The van der Waals surface area contributed by atoms with Crippen LogP contribution >= 0.6 is 0 Å². The molecule has 1 saturated heterocycles. The van der Waals surface area contributed by atoms with Gasteiger partial charge in [-0.1, -0.05) is 48.9 Å². The third-order valence-electron chi connectivity index (χ3n) is 5.56. The number of amides is 1. The summed E-state index contributed by atoms with van der Waals surface area (Å²) in [5.41, 5.74) is 0.623. The summed E-state index contributed by atoms with van der Waals surface area (Å²) in [5, 5.41) is 13.8. The van der Waals surface area contributed by atoms with Crippen LogP contribution in [0.25, 0.3) is 0 Å². The summed E-state index contributed by atoms with van der Waals surface area (Å²) in [7, 11) is 0. The zero-order chi connectivity index (χ0) is 22.6. The second-order valence-electron chi connectivity index (χ2n) is 7.82. The first-order valence-corrected chi connectivity index (χ1v) is 10.2. The minimum atomic E-state index is -4.41. The second-order valence-corrected chi connectivity index (χ2v) is 7.82. The van der Waals surface area contributed by atoms with E-state index in [0.29, 0.717) is 18.5 Å². The number of carboxylic acid groups (broad SMARTS) is 1. The molecular formula is C23H24F3LiN2O3. The van der Waals surface area contributed by atoms with Gasteiger partial charge < -0.3 is 15.2 Å². The minimum Gasteiger partial charge on any atom is -0.545 e. The van der Waals surface area contributed by atoms with Crippen molar-refractivity contribution in [1.29, 1.82) is 0 Å². The predicted molar refractivity (Wildman–Crippen MR) is 107 cm³/mol. The van der Waals surface area contributed by atoms with E-state index in [4.69, 9.17) is 0 Å². The quantitative estimate of drug-likeness (QED) is 0.657. The zero-order valence-electron chi connectivity index (χ0n) is 18.1. The van der Waals surface area contributed by atoms with E-state index in [-0.39, 0.29) is 42.9 Å². The van der Waals surface area contributed by atoms with Crippen LogP contribution in [0.2, 0.25) is 0 Å². The molecule has 1 heterocycles. The fraction of sp³-hybridized carbons (Fsp3) is 0.391. The molecule has 0 saturated carbocycles. The van der Waals surface area contributed by atoms with Gasteiger partial charge in [-0.15, -0.1) is 0 Å². The molecule has 0 spiro atoms. The Kier molecular flexibility index (Phi) is 8.96. The molecular weight excluding hydrogens is 416 g/mol. The van der Waals surface area contributed by atoms with E-state index < -0.39 is 23.8 Å². The van der Waals surface area contributed by atoms with Crippen LogP contribution in [0.4, 0.5) is 13.2 Å². The number of likely N-dealkylation sites (tertiary alicyclic amines) is 1. The molecule has 1 unspecified atom stereocenters. The van der Waals surface area contributed by atoms with Gasteiger partial charge in [-0.2, -0.15) is 13.2 Å². The average Bonchev–Trinajstić information content (AvgIpc) is 2.73. The van der Waals surface area contributed by atoms with Crippen molar-refractivity contribution in [2.24, 2.45) is 0 Å². The van der Waals surface area contributed by atoms with E-state index in [9.17, 15) is 27.9 Å². The summed E-state index contributed by atoms with van der Waals surface area (Å²) < 4.78 is 39.0. The van der Waals surface area contributed by atoms with E-state index >= 15 is 0 Å². The van der Waals surface area contributed by atoms with Gasteiger partial charge in [0, 0.05) is 6.54 Å². The Bertz CT molecular complexity index is 935. The topological polar surface area (TPSA) is 72.5 Å². The molecule has 0 bridgehead atoms. The molecule has 9 heteroatoms. The van der Waals surface area contributed by atoms with Gasteiger partial charge in [0.1, 0.15) is 0 Å². The number of piperidine rings is 1. The van der Waals surface area contributed by atoms with Crippen LogP contribution < -0.4 is 29.3 Å². The number of hydrogen-bond donors (Lipinski definition) is 1. The molecule has 5 nitrogen and oxygen atoms in total. The van der Waals surface area contributed by atoms with Gasteiger partial charge in [-0.25, -0.2) is 0 Å². The van der Waals surface area contributed by atoms with E-state index in [2.05, 4.69) is 5.32 Å². The number of nitrogens with one attached hydrogen (secondary N) is 1. The van der Waals surface area contributed by atoms with Gasteiger partial charge in [-0.05, 0) is 49.1 Å². The molecule has 1 aliphatic heterocycles. The number of carbonyl (C=O) groups is 2. The van der Waals surface area contributed by atoms with Gasteiger partial charge in [-0.3, -0.25) is 9.69 Å². The van der Waals surface area contributed by atoms with E-state index in [1.807, 2.05) is 4.90 Å². The van der Waals surface area contributed by atoms with Crippen molar-refractivity contribution < 1.29 is 46.7 Å². The Morgan fingerprint density at radius 1 is 1.16 bits per heavy atom. The average molecular weight is 440 g/mol. The van der Waals surface area contributed by atoms with Crippen LogP contribution in [0.3, 0.4) is 0 Å². The van der Waals surface area contributed by atoms with Gasteiger partial charge >= 0.3 is 25.0 Å². The van der Waals surface area contributed by atoms with Crippen LogP contribution in [-0.4, -0.2) is 29.4 Å². The number of carboxylic acids is 1. The molecule has 1 amide bonds. The first kappa shape index (κ1) is 26.0. The number of aromatic carboxylic acids is 1. The van der Waals surface area contributed by atoms with Crippen molar-refractivity contribution in [2.75, 3.05) is 6.54 Å². The van der Waals surface area contributed by atoms with Crippen LogP contribution in [0.5, 0.6) is 0 Å². The molecule has 1 aliphatic rings. The number of carbonyl (C=O) groups excluding carboxylic acids is 2. The molecule has 2 aromatic rings. The molecule has 0 aliphatic carbocycles. The van der Waals surface area contributed by atoms with Crippen molar-refractivity contribution in [2.45, 2.75) is 51.0 Å². The molecule has 0 radical (unpaired) electrons. The molecule has 2 aromatic carbocycles. The van der Waals surface area contributed by atoms with Crippen molar-refractivity contribution in [3.8, 4) is 0 Å². The summed E-state index contributed by atoms with van der Waals surface area (Å²) >= 11 is 0. The van der Waals surface area contributed by atoms with E-state index in [1.165, 1.54) is 18.2 Å². The summed E-state index contributed by atoms with van der Waals surface area (Å²) in [4.78, 5) is 25.7. The zero-order valence-corrected chi connectivity index (χ0v) is 18.1. The summed E-state index contributed by atoms with van der Waals surface area (Å²) in [6.45, 7) is 2.69. The Labute approximate surface area is 197 Å². The standard InChI is InChI=1S/C23H25F3N2O3.Li/c1-15(17-8-10-18(11-9-17)22(30)31)27-21(29)20-7-2-3-12-28(20)14-16-5-4-6-19(13-16)23(24,25)26;/h4-6,8-11,13,15,20H,2-3,7,12,14H2,1H3,(H,27,29)(H,30,31);/q;+1/p-1/t15-,20?;/m0./s1. The molecule has 2 atom stereocenters. The number of benzene rings is 2. The number of nitrogens with zero attached hydrogens (tertiary/aromatic N) is 1. The van der Waals surface area contributed by atoms with Crippen molar-refractivity contribution in [1.82, 2.24) is 10.2 Å². The SMILES string of the molecule is C[C@H](NC(=O)C1CCCCN1Cc1cccc(C(F)(F)F)c1)c1ccc(C(=O)[O-])cc1.[Li+]. The smallest absolute Gasteiger partial charge is 0.545 e. The van der Waals surface area contributed by atoms with Gasteiger partial charge in [0.05, 0.1) is 23.6 Å². The van der Waals surface area contributed by atoms with Gasteiger partial charge in [0.25, 0.3) is 0 Å². The van der Waals surface area contributed by atoms with Gasteiger partial charge in [0.2, 0.25) is 5.91 Å². The molecule has 166 valence electrons. The maximum atomic E-state index is 13.0. The Hall–Kier alpha value is -2.27. The fourth-order valence-corrected chi connectivity index (χ4v) is 3.86. The Morgan fingerprint density at radius 3 is 2.47 bits per heavy atom. The summed E-state index contributed by atoms with van der Waals surface area (Å²) in [6.07, 6.45) is -2.04. The van der Waals surface area contributed by atoms with Crippen LogP contribution in [0, 0.1) is 0 Å². The minimum absolute atomic E-state index is 0. The van der Waals surface area contributed by atoms with Crippen molar-refractivity contribution in [3.63, 3.8) is 0 Å². The van der Waals surface area contributed by atoms with Crippen LogP contribution in [0.1, 0.15) is 59.3 Å². The van der Waals surface area contributed by atoms with E-state index in [1.54, 1.807) is 25.1 Å². The van der Waals surface area contributed by atoms with E-state index in [0.717, 1.165) is 30.5 Å². The van der Waals surface area contributed by atoms with Crippen molar-refractivity contribution >= 4 is 11.9 Å². The third-order valence-corrected chi connectivity index (χ3v) is 5.56. The predicted octanol–water partition coefficient (Wildman–Crippen LogP) is 0.305. The molecule has 0 aromatic heterocycles. The maximum absolute atomic E-state index is 13.0. The van der Waals surface area contributed by atoms with Gasteiger partial charge in [0.15, 0.2) is 0 Å². The Balaban J connectivity index is 0.00000363. The van der Waals surface area contributed by atoms with Crippen LogP contribution in [0.15, 0.2) is 48.5 Å². The van der Waals surface area contributed by atoms with Crippen LogP contribution in [-0.2, 0) is 17.5 Å². The molecule has 3 rings (SSSR count). The maximum Gasteiger partial charge on any atom is 1.00 e. The summed E-state index contributed by atoms with van der Waals surface area (Å²) in [5.74, 6) is -1.46. The number of alkyl halides is 3. The molecule has 32 heavy (non-hydrogen) atoms.